The number of ether oxygens (including phenoxy) is 1. The summed E-state index contributed by atoms with van der Waals surface area (Å²) < 4.78 is 43.5. The Morgan fingerprint density at radius 3 is 2.56 bits per heavy atom. The minimum absolute atomic E-state index is 0.0108. The molecule has 0 spiro atoms. The summed E-state index contributed by atoms with van der Waals surface area (Å²) in [6, 6.07) is 1.38. The molecule has 11 heteroatoms. The van der Waals surface area contributed by atoms with Crippen LogP contribution in [0.2, 0.25) is 0 Å². The number of piperidine rings is 1. The van der Waals surface area contributed by atoms with E-state index in [-0.39, 0.29) is 35.5 Å². The molecule has 212 valence electrons. The average Bonchev–Trinajstić information content (AvgIpc) is 2.91. The van der Waals surface area contributed by atoms with Gasteiger partial charge in [-0.3, -0.25) is 9.69 Å². The van der Waals surface area contributed by atoms with Crippen LogP contribution in [0.4, 0.5) is 23.7 Å². The highest BCUT2D eigenvalue weighted by atomic mass is 19.4. The summed E-state index contributed by atoms with van der Waals surface area (Å²) in [5.74, 6) is -0.316. The van der Waals surface area contributed by atoms with Gasteiger partial charge in [0.2, 0.25) is 5.91 Å². The van der Waals surface area contributed by atoms with E-state index >= 15 is 0 Å². The smallest absolute Gasteiger partial charge is 0.379 e. The molecule has 2 saturated heterocycles. The van der Waals surface area contributed by atoms with Gasteiger partial charge in [-0.2, -0.15) is 13.2 Å². The normalized spacial score (nSPS) is 25.6. The molecule has 3 amide bonds. The van der Waals surface area contributed by atoms with Crippen molar-refractivity contribution >= 4 is 17.6 Å². The third-order valence-electron chi connectivity index (χ3n) is 8.44. The number of rotatable bonds is 7. The van der Waals surface area contributed by atoms with Gasteiger partial charge < -0.3 is 20.3 Å². The molecule has 2 N–H and O–H groups in total. The van der Waals surface area contributed by atoms with Gasteiger partial charge in [-0.05, 0) is 49.8 Å². The second-order valence-electron chi connectivity index (χ2n) is 11.0. The molecule has 8 nitrogen and oxygen atoms in total. The number of aromatic nitrogens is 1. The van der Waals surface area contributed by atoms with Crippen molar-refractivity contribution in [3.8, 4) is 0 Å². The average molecular weight is 548 g/mol. The summed E-state index contributed by atoms with van der Waals surface area (Å²) in [6.45, 7) is 5.49. The third-order valence-corrected chi connectivity index (χ3v) is 8.44. The topological polar surface area (TPSA) is 86.8 Å². The third kappa shape index (κ3) is 6.46. The number of nitrogens with zero attached hydrogens (tertiary/aromatic N) is 3. The summed E-state index contributed by atoms with van der Waals surface area (Å²) in [5.41, 5.74) is 0.728. The number of carbonyl (C=O) groups excluding carboxylic acids is 2. The molecule has 2 aliphatic heterocycles. The summed E-state index contributed by atoms with van der Waals surface area (Å²) in [5, 5.41) is 5.16. The molecule has 4 aliphatic rings. The van der Waals surface area contributed by atoms with Crippen molar-refractivity contribution in [1.29, 1.82) is 0 Å². The SMILES string of the molecule is O=C(NCC1CCCN(C2C=CC(C3(CN4CCOCC4)CCC3)=CC2)C1=O)Nc1ccc(C(F)(F)F)nc1. The number of amides is 3. The molecule has 2 atom stereocenters. The molecule has 0 aromatic carbocycles. The number of carbonyl (C=O) groups is 2. The molecule has 5 rings (SSSR count). The van der Waals surface area contributed by atoms with Gasteiger partial charge in [-0.15, -0.1) is 0 Å². The maximum Gasteiger partial charge on any atom is 0.433 e. The van der Waals surface area contributed by atoms with Crippen molar-refractivity contribution in [3.63, 3.8) is 0 Å². The van der Waals surface area contributed by atoms with Crippen molar-refractivity contribution in [1.82, 2.24) is 20.1 Å². The maximum absolute atomic E-state index is 13.3. The zero-order valence-electron chi connectivity index (χ0n) is 22.0. The van der Waals surface area contributed by atoms with Crippen molar-refractivity contribution < 1.29 is 27.5 Å². The second-order valence-corrected chi connectivity index (χ2v) is 11.0. The standard InChI is InChI=1S/C28H36F3N5O3/c29-28(30,31)24-9-6-22(18-32-24)34-26(38)33-17-20-3-1-12-36(25(20)37)23-7-4-21(5-8-23)27(10-2-11-27)19-35-13-15-39-16-14-35/h4-7,9,18,20,23H,1-3,8,10-17,19H2,(H2,33,34,38). The van der Waals surface area contributed by atoms with E-state index in [4.69, 9.17) is 4.74 Å². The highest BCUT2D eigenvalue weighted by Crippen LogP contribution is 2.49. The predicted molar refractivity (Wildman–Crippen MR) is 140 cm³/mol. The van der Waals surface area contributed by atoms with Crippen LogP contribution in [0.1, 0.15) is 44.2 Å². The Bertz CT molecular complexity index is 1090. The first kappa shape index (κ1) is 27.6. The van der Waals surface area contributed by atoms with Gasteiger partial charge in [-0.25, -0.2) is 9.78 Å². The van der Waals surface area contributed by atoms with Crippen molar-refractivity contribution in [2.45, 2.75) is 50.7 Å². The lowest BCUT2D eigenvalue weighted by Crippen LogP contribution is -2.50. The van der Waals surface area contributed by atoms with Gasteiger partial charge in [0.1, 0.15) is 5.69 Å². The lowest BCUT2D eigenvalue weighted by molar-refractivity contribution is -0.141. The summed E-state index contributed by atoms with van der Waals surface area (Å²) in [6.07, 6.45) is 9.12. The highest BCUT2D eigenvalue weighted by molar-refractivity contribution is 5.89. The monoisotopic (exact) mass is 547 g/mol. The fourth-order valence-corrected chi connectivity index (χ4v) is 6.08. The first-order valence-electron chi connectivity index (χ1n) is 13.8. The number of allylic oxidation sites excluding steroid dienone is 1. The summed E-state index contributed by atoms with van der Waals surface area (Å²) >= 11 is 0. The fraction of sp³-hybridized carbons (Fsp3) is 0.607. The van der Waals surface area contributed by atoms with E-state index in [9.17, 15) is 22.8 Å². The van der Waals surface area contributed by atoms with E-state index in [1.165, 1.54) is 24.8 Å². The minimum atomic E-state index is -4.54. The minimum Gasteiger partial charge on any atom is -0.379 e. The van der Waals surface area contributed by atoms with Gasteiger partial charge in [0.25, 0.3) is 0 Å². The van der Waals surface area contributed by atoms with E-state index in [1.807, 2.05) is 4.90 Å². The molecule has 1 aromatic rings. The number of likely N-dealkylation sites (tertiary alicyclic amines) is 1. The Hall–Kier alpha value is -2.92. The molecular formula is C28H36F3N5O3. The molecule has 3 fully saturated rings. The lowest BCUT2D eigenvalue weighted by Gasteiger charge is -2.48. The number of hydrogen-bond donors (Lipinski definition) is 2. The molecule has 0 radical (unpaired) electrons. The second kappa shape index (κ2) is 11.7. The van der Waals surface area contributed by atoms with Gasteiger partial charge in [0, 0.05) is 38.1 Å². The van der Waals surface area contributed by atoms with Crippen LogP contribution in [-0.4, -0.2) is 78.7 Å². The van der Waals surface area contributed by atoms with Crippen LogP contribution >= 0.6 is 0 Å². The van der Waals surface area contributed by atoms with Crippen LogP contribution in [0.25, 0.3) is 0 Å². The number of hydrogen-bond acceptors (Lipinski definition) is 5. The van der Waals surface area contributed by atoms with E-state index in [1.54, 1.807) is 0 Å². The Kier molecular flexibility index (Phi) is 8.27. The number of halogens is 3. The van der Waals surface area contributed by atoms with Crippen LogP contribution in [0.5, 0.6) is 0 Å². The number of pyridine rings is 1. The summed E-state index contributed by atoms with van der Waals surface area (Å²) in [4.78, 5) is 33.4. The Morgan fingerprint density at radius 2 is 1.95 bits per heavy atom. The molecule has 0 bridgehead atoms. The van der Waals surface area contributed by atoms with E-state index in [0.29, 0.717) is 13.0 Å². The van der Waals surface area contributed by atoms with E-state index in [0.717, 1.165) is 64.0 Å². The van der Waals surface area contributed by atoms with Gasteiger partial charge in [-0.1, -0.05) is 24.6 Å². The van der Waals surface area contributed by atoms with Crippen molar-refractivity contribution in [2.75, 3.05) is 51.3 Å². The van der Waals surface area contributed by atoms with Crippen molar-refractivity contribution in [2.24, 2.45) is 11.3 Å². The number of morpholine rings is 1. The zero-order valence-corrected chi connectivity index (χ0v) is 22.0. The summed E-state index contributed by atoms with van der Waals surface area (Å²) in [7, 11) is 0. The zero-order chi connectivity index (χ0) is 27.5. The quantitative estimate of drug-likeness (QED) is 0.534. The Labute approximate surface area is 226 Å². The fourth-order valence-electron chi connectivity index (χ4n) is 6.08. The Balaban J connectivity index is 1.12. The molecule has 2 unspecified atom stereocenters. The maximum atomic E-state index is 13.3. The molecule has 2 aliphatic carbocycles. The lowest BCUT2D eigenvalue weighted by atomic mass is 9.62. The number of alkyl halides is 3. The van der Waals surface area contributed by atoms with Crippen LogP contribution in [-0.2, 0) is 15.7 Å². The van der Waals surface area contributed by atoms with Crippen LogP contribution in [0.3, 0.4) is 0 Å². The molecule has 3 heterocycles. The van der Waals surface area contributed by atoms with Gasteiger partial charge in [0.15, 0.2) is 0 Å². The van der Waals surface area contributed by atoms with Crippen LogP contribution < -0.4 is 10.6 Å². The number of urea groups is 1. The van der Waals surface area contributed by atoms with Crippen molar-refractivity contribution in [3.05, 3.63) is 47.8 Å². The highest BCUT2D eigenvalue weighted by Gasteiger charge is 2.42. The van der Waals surface area contributed by atoms with E-state index in [2.05, 4.69) is 38.7 Å². The molecule has 1 saturated carbocycles. The largest absolute Gasteiger partial charge is 0.433 e. The first-order chi connectivity index (χ1) is 18.7. The molecular weight excluding hydrogens is 511 g/mol. The van der Waals surface area contributed by atoms with Crippen LogP contribution in [0, 0.1) is 11.3 Å². The van der Waals surface area contributed by atoms with Gasteiger partial charge in [0.05, 0.1) is 37.1 Å². The van der Waals surface area contributed by atoms with E-state index < -0.39 is 17.9 Å². The first-order valence-corrected chi connectivity index (χ1v) is 13.8. The van der Waals surface area contributed by atoms with Crippen LogP contribution in [0.15, 0.2) is 42.1 Å². The number of anilines is 1. The number of nitrogens with one attached hydrogen (secondary N) is 2. The van der Waals surface area contributed by atoms with Gasteiger partial charge >= 0.3 is 12.2 Å². The molecule has 1 aromatic heterocycles. The predicted octanol–water partition coefficient (Wildman–Crippen LogP) is 4.22. The molecule has 39 heavy (non-hydrogen) atoms. The Morgan fingerprint density at radius 1 is 1.15 bits per heavy atom.